The zero-order valence-corrected chi connectivity index (χ0v) is 16.6. The van der Waals surface area contributed by atoms with Gasteiger partial charge in [-0.2, -0.15) is 5.10 Å². The molecule has 2 rings (SSSR count). The van der Waals surface area contributed by atoms with E-state index in [4.69, 9.17) is 30.5 Å². The van der Waals surface area contributed by atoms with Crippen LogP contribution in [0.2, 0.25) is 0 Å². The maximum atomic E-state index is 11.6. The Kier molecular flexibility index (Phi) is 7.01. The predicted octanol–water partition coefficient (Wildman–Crippen LogP) is 1.58. The van der Waals surface area contributed by atoms with Crippen LogP contribution in [-0.2, 0) is 33.3 Å². The first kappa shape index (κ1) is 20.7. The van der Waals surface area contributed by atoms with Crippen molar-refractivity contribution in [1.82, 2.24) is 9.78 Å². The van der Waals surface area contributed by atoms with Gasteiger partial charge in [0.15, 0.2) is 17.8 Å². The summed E-state index contributed by atoms with van der Waals surface area (Å²) in [4.78, 5) is 34.3. The molecule has 0 N–H and O–H groups in total. The first-order valence-corrected chi connectivity index (χ1v) is 8.89. The molecule has 1 fully saturated rings. The molecule has 0 aromatic carbocycles. The number of ether oxygens (including phenoxy) is 4. The van der Waals surface area contributed by atoms with E-state index in [1.165, 1.54) is 31.6 Å². The molecule has 0 spiro atoms. The summed E-state index contributed by atoms with van der Waals surface area (Å²) in [5.74, 6) is -1.69. The fourth-order valence-corrected chi connectivity index (χ4v) is 3.28. The fraction of sp³-hybridized carbons (Fsp3) is 0.600. The minimum absolute atomic E-state index is 0.192. The van der Waals surface area contributed by atoms with Gasteiger partial charge in [-0.3, -0.25) is 19.1 Å². The summed E-state index contributed by atoms with van der Waals surface area (Å²) in [7, 11) is 0. The molecule has 11 heteroatoms. The van der Waals surface area contributed by atoms with Gasteiger partial charge in [-0.1, -0.05) is 11.6 Å². The average Bonchev–Trinajstić information content (AvgIpc) is 2.94. The summed E-state index contributed by atoms with van der Waals surface area (Å²) in [5, 5.41) is 4.18. The van der Waals surface area contributed by atoms with Crippen LogP contribution < -0.4 is 0 Å². The van der Waals surface area contributed by atoms with E-state index in [0.717, 1.165) is 0 Å². The lowest BCUT2D eigenvalue weighted by Crippen LogP contribution is -2.57. The Hall–Kier alpha value is -1.65. The summed E-state index contributed by atoms with van der Waals surface area (Å²) in [6.07, 6.45) is 0.326. The SMILES string of the molecule is CC(=O)OCC1O[C@@H](Cl)C(OC(C)=O)C(n2cc(Br)cn2)[C@H]1OC(C)=O. The maximum absolute atomic E-state index is 11.6. The number of halogens is 2. The molecule has 26 heavy (non-hydrogen) atoms. The number of hydrogen-bond acceptors (Lipinski definition) is 8. The van der Waals surface area contributed by atoms with Gasteiger partial charge in [-0.25, -0.2) is 0 Å². The van der Waals surface area contributed by atoms with Gasteiger partial charge < -0.3 is 18.9 Å². The number of nitrogens with zero attached hydrogens (tertiary/aromatic N) is 2. The Balaban J connectivity index is 2.42. The lowest BCUT2D eigenvalue weighted by molar-refractivity contribution is -0.213. The van der Waals surface area contributed by atoms with Crippen LogP contribution in [0.5, 0.6) is 0 Å². The van der Waals surface area contributed by atoms with Gasteiger partial charge in [0.25, 0.3) is 0 Å². The molecule has 0 radical (unpaired) electrons. The number of hydrogen-bond donors (Lipinski definition) is 0. The highest BCUT2D eigenvalue weighted by molar-refractivity contribution is 9.10. The summed E-state index contributed by atoms with van der Waals surface area (Å²) in [5.41, 5.74) is -1.07. The van der Waals surface area contributed by atoms with Gasteiger partial charge in [0, 0.05) is 27.0 Å². The number of esters is 3. The molecule has 5 atom stereocenters. The van der Waals surface area contributed by atoms with E-state index in [9.17, 15) is 14.4 Å². The van der Waals surface area contributed by atoms with Crippen LogP contribution in [-0.4, -0.2) is 58.2 Å². The Morgan fingerprint density at radius 1 is 1.19 bits per heavy atom. The van der Waals surface area contributed by atoms with Gasteiger partial charge >= 0.3 is 17.9 Å². The van der Waals surface area contributed by atoms with Crippen LogP contribution in [0.3, 0.4) is 0 Å². The van der Waals surface area contributed by atoms with Gasteiger partial charge in [0.05, 0.1) is 10.7 Å². The molecule has 3 unspecified atom stereocenters. The second-order valence-electron chi connectivity index (χ2n) is 5.61. The zero-order valence-electron chi connectivity index (χ0n) is 14.3. The maximum Gasteiger partial charge on any atom is 0.303 e. The largest absolute Gasteiger partial charge is 0.463 e. The van der Waals surface area contributed by atoms with Crippen molar-refractivity contribution >= 4 is 45.4 Å². The summed E-state index contributed by atoms with van der Waals surface area (Å²) in [6.45, 7) is 3.51. The van der Waals surface area contributed by atoms with Crippen molar-refractivity contribution in [3.63, 3.8) is 0 Å². The van der Waals surface area contributed by atoms with Crippen molar-refractivity contribution in [2.24, 2.45) is 0 Å². The third-order valence-electron chi connectivity index (χ3n) is 3.53. The molecule has 0 bridgehead atoms. The van der Waals surface area contributed by atoms with Crippen molar-refractivity contribution in [2.45, 2.75) is 50.7 Å². The van der Waals surface area contributed by atoms with Crippen LogP contribution in [0.1, 0.15) is 26.8 Å². The lowest BCUT2D eigenvalue weighted by atomic mass is 9.96. The van der Waals surface area contributed by atoms with E-state index in [0.29, 0.717) is 4.47 Å². The van der Waals surface area contributed by atoms with E-state index in [-0.39, 0.29) is 6.61 Å². The van der Waals surface area contributed by atoms with E-state index < -0.39 is 47.8 Å². The first-order valence-electron chi connectivity index (χ1n) is 7.66. The fourth-order valence-electron chi connectivity index (χ4n) is 2.65. The Morgan fingerprint density at radius 2 is 1.81 bits per heavy atom. The monoisotopic (exact) mass is 452 g/mol. The van der Waals surface area contributed by atoms with E-state index >= 15 is 0 Å². The number of carbonyl (C=O) groups is 3. The minimum Gasteiger partial charge on any atom is -0.463 e. The lowest BCUT2D eigenvalue weighted by Gasteiger charge is -2.43. The predicted molar refractivity (Wildman–Crippen MR) is 91.2 cm³/mol. The molecule has 0 aliphatic carbocycles. The van der Waals surface area contributed by atoms with Crippen molar-refractivity contribution in [3.05, 3.63) is 16.9 Å². The highest BCUT2D eigenvalue weighted by Gasteiger charge is 2.51. The van der Waals surface area contributed by atoms with Gasteiger partial charge in [0.1, 0.15) is 18.8 Å². The van der Waals surface area contributed by atoms with Crippen molar-refractivity contribution in [1.29, 1.82) is 0 Å². The Morgan fingerprint density at radius 3 is 2.31 bits per heavy atom. The van der Waals surface area contributed by atoms with Crippen LogP contribution in [0.15, 0.2) is 16.9 Å². The number of carbonyl (C=O) groups excluding carboxylic acids is 3. The smallest absolute Gasteiger partial charge is 0.303 e. The molecular weight excluding hydrogens is 436 g/mol. The molecule has 1 aromatic rings. The van der Waals surface area contributed by atoms with Crippen LogP contribution in [0.4, 0.5) is 0 Å². The van der Waals surface area contributed by atoms with E-state index in [1.54, 1.807) is 6.20 Å². The average molecular weight is 454 g/mol. The zero-order chi connectivity index (χ0) is 19.4. The molecule has 144 valence electrons. The first-order chi connectivity index (χ1) is 12.2. The number of rotatable bonds is 5. The van der Waals surface area contributed by atoms with E-state index in [2.05, 4.69) is 21.0 Å². The molecule has 2 heterocycles. The minimum atomic E-state index is -1.07. The second-order valence-corrected chi connectivity index (χ2v) is 6.95. The van der Waals surface area contributed by atoms with Gasteiger partial charge in [0.2, 0.25) is 0 Å². The highest BCUT2D eigenvalue weighted by atomic mass is 79.9. The molecular formula is C15H18BrClN2O7. The summed E-state index contributed by atoms with van der Waals surface area (Å²) < 4.78 is 23.4. The third kappa shape index (κ3) is 5.18. The molecule has 0 saturated carbocycles. The summed E-state index contributed by atoms with van der Waals surface area (Å²) in [6, 6.07) is -0.786. The van der Waals surface area contributed by atoms with Gasteiger partial charge in [-0.05, 0) is 15.9 Å². The molecule has 9 nitrogen and oxygen atoms in total. The van der Waals surface area contributed by atoms with Gasteiger partial charge in [-0.15, -0.1) is 0 Å². The standard InChI is InChI=1S/C15H18BrClN2O7/c1-7(20)23-6-11-13(24-8(2)21)12(19-5-10(16)4-18-19)14(15(17)26-11)25-9(3)22/h4-5,11-15H,6H2,1-3H3/t11?,12?,13-,14?,15+/m0/s1. The molecule has 1 aliphatic rings. The molecule has 1 aliphatic heterocycles. The second kappa shape index (κ2) is 8.83. The van der Waals surface area contributed by atoms with Crippen LogP contribution in [0, 0.1) is 0 Å². The molecule has 1 aromatic heterocycles. The Bertz CT molecular complexity index is 683. The topological polar surface area (TPSA) is 106 Å². The van der Waals surface area contributed by atoms with Crippen molar-refractivity contribution < 1.29 is 33.3 Å². The Labute approximate surface area is 163 Å². The van der Waals surface area contributed by atoms with Crippen molar-refractivity contribution in [3.8, 4) is 0 Å². The molecule has 0 amide bonds. The molecule has 1 saturated heterocycles. The van der Waals surface area contributed by atoms with Crippen molar-refractivity contribution in [2.75, 3.05) is 6.61 Å². The normalized spacial score (nSPS) is 28.3. The number of aromatic nitrogens is 2. The quantitative estimate of drug-likeness (QED) is 0.376. The highest BCUT2D eigenvalue weighted by Crippen LogP contribution is 2.36. The summed E-state index contributed by atoms with van der Waals surface area (Å²) >= 11 is 9.54. The van der Waals surface area contributed by atoms with Crippen LogP contribution >= 0.6 is 27.5 Å². The van der Waals surface area contributed by atoms with Crippen LogP contribution in [0.25, 0.3) is 0 Å². The number of alkyl halides is 1. The third-order valence-corrected chi connectivity index (χ3v) is 4.29. The van der Waals surface area contributed by atoms with E-state index in [1.807, 2.05) is 0 Å².